The maximum Gasteiger partial charge on any atom is 0.287 e. The predicted octanol–water partition coefficient (Wildman–Crippen LogP) is 3.69. The van der Waals surface area contributed by atoms with Crippen molar-refractivity contribution in [3.05, 3.63) is 87.7 Å². The first-order valence-electron chi connectivity index (χ1n) is 9.27. The Hall–Kier alpha value is -3.91. The Kier molecular flexibility index (Phi) is 7.56. The van der Waals surface area contributed by atoms with Crippen molar-refractivity contribution in [1.29, 1.82) is 0 Å². The second-order valence-electron chi connectivity index (χ2n) is 6.21. The number of benzene rings is 2. The van der Waals surface area contributed by atoms with Crippen molar-refractivity contribution >= 4 is 35.4 Å². The van der Waals surface area contributed by atoms with Crippen LogP contribution in [0.3, 0.4) is 0 Å². The van der Waals surface area contributed by atoms with Crippen LogP contribution in [0.5, 0.6) is 11.5 Å². The molecule has 7 nitrogen and oxygen atoms in total. The Bertz CT molecular complexity index is 1090. The second kappa shape index (κ2) is 10.7. The Morgan fingerprint density at radius 2 is 1.74 bits per heavy atom. The summed E-state index contributed by atoms with van der Waals surface area (Å²) in [4.78, 5) is 26.0. The molecular weight excluding hydrogens is 414 g/mol. The zero-order valence-corrected chi connectivity index (χ0v) is 17.8. The van der Waals surface area contributed by atoms with Gasteiger partial charge in [0, 0.05) is 10.4 Å². The smallest absolute Gasteiger partial charge is 0.287 e. The Morgan fingerprint density at radius 3 is 2.42 bits per heavy atom. The van der Waals surface area contributed by atoms with Crippen molar-refractivity contribution in [2.45, 2.75) is 0 Å². The Morgan fingerprint density at radius 1 is 0.968 bits per heavy atom. The van der Waals surface area contributed by atoms with E-state index < -0.39 is 5.91 Å². The third kappa shape index (κ3) is 6.03. The zero-order valence-electron chi connectivity index (χ0n) is 17.0. The van der Waals surface area contributed by atoms with Gasteiger partial charge in [0.1, 0.15) is 5.70 Å². The van der Waals surface area contributed by atoms with E-state index in [1.165, 1.54) is 24.7 Å². The number of hydrogen-bond acceptors (Lipinski definition) is 6. The van der Waals surface area contributed by atoms with E-state index in [0.717, 1.165) is 4.88 Å². The van der Waals surface area contributed by atoms with Gasteiger partial charge in [0.05, 0.1) is 20.4 Å². The van der Waals surface area contributed by atoms with Gasteiger partial charge >= 0.3 is 0 Å². The third-order valence-electron chi connectivity index (χ3n) is 4.15. The normalized spacial score (nSPS) is 11.2. The fourth-order valence-electron chi connectivity index (χ4n) is 2.62. The number of nitrogens with zero attached hydrogens (tertiary/aromatic N) is 1. The molecule has 1 heterocycles. The highest BCUT2D eigenvalue weighted by molar-refractivity contribution is 7.10. The molecule has 0 unspecified atom stereocenters. The van der Waals surface area contributed by atoms with E-state index in [1.54, 1.807) is 55.7 Å². The first kappa shape index (κ1) is 21.8. The van der Waals surface area contributed by atoms with Crippen LogP contribution in [0.4, 0.5) is 0 Å². The SMILES string of the molecule is COc1ccc(/C=N\NC(=O)/C(=C\c2cccs2)NC(=O)c2ccccc2)cc1OC. The maximum atomic E-state index is 12.7. The van der Waals surface area contributed by atoms with E-state index in [0.29, 0.717) is 22.6 Å². The molecule has 1 aromatic heterocycles. The van der Waals surface area contributed by atoms with E-state index in [9.17, 15) is 9.59 Å². The minimum Gasteiger partial charge on any atom is -0.493 e. The highest BCUT2D eigenvalue weighted by Crippen LogP contribution is 2.26. The number of nitrogens with one attached hydrogen (secondary N) is 2. The van der Waals surface area contributed by atoms with Gasteiger partial charge < -0.3 is 14.8 Å². The van der Waals surface area contributed by atoms with Gasteiger partial charge in [0.2, 0.25) is 0 Å². The van der Waals surface area contributed by atoms with Gasteiger partial charge in [0.15, 0.2) is 11.5 Å². The zero-order chi connectivity index (χ0) is 22.1. The molecule has 0 radical (unpaired) electrons. The minimum absolute atomic E-state index is 0.0840. The number of thiophene rings is 1. The summed E-state index contributed by atoms with van der Waals surface area (Å²) in [5.41, 5.74) is 3.68. The van der Waals surface area contributed by atoms with Gasteiger partial charge in [-0.1, -0.05) is 24.3 Å². The number of hydrogen-bond donors (Lipinski definition) is 2. The number of carbonyl (C=O) groups excluding carboxylic acids is 2. The van der Waals surface area contributed by atoms with Crippen LogP contribution in [0.25, 0.3) is 6.08 Å². The summed E-state index contributed by atoms with van der Waals surface area (Å²) in [5.74, 6) is 0.205. The van der Waals surface area contributed by atoms with Crippen molar-refractivity contribution in [1.82, 2.24) is 10.7 Å². The van der Waals surface area contributed by atoms with Crippen molar-refractivity contribution in [3.63, 3.8) is 0 Å². The second-order valence-corrected chi connectivity index (χ2v) is 7.19. The average Bonchev–Trinajstić information content (AvgIpc) is 3.32. The summed E-state index contributed by atoms with van der Waals surface area (Å²) >= 11 is 1.45. The van der Waals surface area contributed by atoms with Gasteiger partial charge in [-0.15, -0.1) is 11.3 Å². The van der Waals surface area contributed by atoms with Gasteiger partial charge in [-0.2, -0.15) is 5.10 Å². The van der Waals surface area contributed by atoms with Crippen LogP contribution in [-0.2, 0) is 4.79 Å². The van der Waals surface area contributed by atoms with Crippen molar-refractivity contribution < 1.29 is 19.1 Å². The van der Waals surface area contributed by atoms with Crippen LogP contribution in [0, 0.1) is 0 Å². The topological polar surface area (TPSA) is 89.0 Å². The van der Waals surface area contributed by atoms with E-state index in [1.807, 2.05) is 23.6 Å². The van der Waals surface area contributed by atoms with Gasteiger partial charge in [0.25, 0.3) is 11.8 Å². The fraction of sp³-hybridized carbons (Fsp3) is 0.0870. The highest BCUT2D eigenvalue weighted by Gasteiger charge is 2.14. The monoisotopic (exact) mass is 435 g/mol. The molecule has 0 spiro atoms. The number of ether oxygens (including phenoxy) is 2. The van der Waals surface area contributed by atoms with Crippen LogP contribution in [-0.4, -0.2) is 32.2 Å². The molecule has 31 heavy (non-hydrogen) atoms. The molecule has 2 aromatic carbocycles. The molecule has 0 bridgehead atoms. The number of methoxy groups -OCH3 is 2. The lowest BCUT2D eigenvalue weighted by atomic mass is 10.2. The van der Waals surface area contributed by atoms with Crippen LogP contribution >= 0.6 is 11.3 Å². The predicted molar refractivity (Wildman–Crippen MR) is 121 cm³/mol. The summed E-state index contributed by atoms with van der Waals surface area (Å²) in [6.07, 6.45) is 3.08. The Labute approximate surface area is 184 Å². The van der Waals surface area contributed by atoms with Crippen molar-refractivity contribution in [3.8, 4) is 11.5 Å². The van der Waals surface area contributed by atoms with Crippen LogP contribution in [0.1, 0.15) is 20.8 Å². The molecule has 158 valence electrons. The molecule has 8 heteroatoms. The lowest BCUT2D eigenvalue weighted by Crippen LogP contribution is -2.32. The molecule has 2 amide bonds. The molecule has 3 aromatic rings. The fourth-order valence-corrected chi connectivity index (χ4v) is 3.27. The first-order chi connectivity index (χ1) is 15.1. The van der Waals surface area contributed by atoms with Gasteiger partial charge in [-0.05, 0) is 53.4 Å². The maximum absolute atomic E-state index is 12.7. The number of amides is 2. The number of carbonyl (C=O) groups is 2. The lowest BCUT2D eigenvalue weighted by Gasteiger charge is -2.09. The highest BCUT2D eigenvalue weighted by atomic mass is 32.1. The average molecular weight is 436 g/mol. The molecule has 0 fully saturated rings. The molecule has 0 aliphatic carbocycles. The van der Waals surface area contributed by atoms with Gasteiger partial charge in [-0.3, -0.25) is 9.59 Å². The van der Waals surface area contributed by atoms with E-state index >= 15 is 0 Å². The summed E-state index contributed by atoms with van der Waals surface area (Å²) in [6.45, 7) is 0. The molecule has 0 saturated heterocycles. The number of rotatable bonds is 8. The molecule has 0 saturated carbocycles. The van der Waals surface area contributed by atoms with Gasteiger partial charge in [-0.25, -0.2) is 5.43 Å². The van der Waals surface area contributed by atoms with E-state index in [4.69, 9.17) is 9.47 Å². The molecule has 0 aliphatic rings. The first-order valence-corrected chi connectivity index (χ1v) is 10.2. The Balaban J connectivity index is 1.74. The quantitative estimate of drug-likeness (QED) is 0.321. The van der Waals surface area contributed by atoms with Crippen molar-refractivity contribution in [2.75, 3.05) is 14.2 Å². The summed E-state index contributed by atoms with van der Waals surface area (Å²) in [7, 11) is 3.09. The van der Waals surface area contributed by atoms with Crippen molar-refractivity contribution in [2.24, 2.45) is 5.10 Å². The summed E-state index contributed by atoms with van der Waals surface area (Å²) < 4.78 is 10.5. The van der Waals surface area contributed by atoms with Crippen LogP contribution in [0.15, 0.2) is 76.8 Å². The van der Waals surface area contributed by atoms with Crippen LogP contribution < -0.4 is 20.2 Å². The third-order valence-corrected chi connectivity index (χ3v) is 4.97. The molecule has 0 atom stereocenters. The minimum atomic E-state index is -0.547. The molecular formula is C23H21N3O4S. The molecule has 0 aliphatic heterocycles. The summed E-state index contributed by atoms with van der Waals surface area (Å²) in [5, 5.41) is 8.54. The molecule has 2 N–H and O–H groups in total. The van der Waals surface area contributed by atoms with E-state index in [-0.39, 0.29) is 11.6 Å². The summed E-state index contributed by atoms with van der Waals surface area (Å²) in [6, 6.07) is 17.6. The largest absolute Gasteiger partial charge is 0.493 e. The number of hydrazone groups is 1. The standard InChI is InChI=1S/C23H21N3O4S/c1-29-20-11-10-16(13-21(20)30-2)15-24-26-23(28)19(14-18-9-6-12-31-18)25-22(27)17-7-4-3-5-8-17/h3-15H,1-2H3,(H,25,27)(H,26,28)/b19-14+,24-15-. The van der Waals surface area contributed by atoms with E-state index in [2.05, 4.69) is 15.8 Å². The lowest BCUT2D eigenvalue weighted by molar-refractivity contribution is -0.117. The van der Waals surface area contributed by atoms with Crippen LogP contribution in [0.2, 0.25) is 0 Å². The molecule has 3 rings (SSSR count).